The van der Waals surface area contributed by atoms with Crippen molar-refractivity contribution < 1.29 is 36.6 Å². The third-order valence-corrected chi connectivity index (χ3v) is 5.63. The van der Waals surface area contributed by atoms with E-state index in [9.17, 15) is 22.8 Å². The van der Waals surface area contributed by atoms with Gasteiger partial charge in [-0.2, -0.15) is 0 Å². The number of allylic oxidation sites excluding steroid dienone is 2. The van der Waals surface area contributed by atoms with Crippen LogP contribution in [0.5, 0.6) is 11.5 Å². The summed E-state index contributed by atoms with van der Waals surface area (Å²) in [4.78, 5) is 28.5. The van der Waals surface area contributed by atoms with Crippen molar-refractivity contribution in [3.8, 4) is 11.5 Å². The van der Waals surface area contributed by atoms with Gasteiger partial charge in [0.2, 0.25) is 0 Å². The summed E-state index contributed by atoms with van der Waals surface area (Å²) in [5, 5.41) is 2.56. The van der Waals surface area contributed by atoms with Crippen LogP contribution in [0.15, 0.2) is 65.6 Å². The van der Waals surface area contributed by atoms with Crippen LogP contribution in [0.2, 0.25) is 0 Å². The maximum absolute atomic E-state index is 15.7. The standard InChI is InChI=1S/C24H21F4N3O4/c1-23(34-15-4-6-16(7-5-15)35-24(26,27)28)10-8-17(13-2-3-13)20(25)19(23)22(33)31-14-9-11-30-18(12-14)21(29)32/h4-9,11-13H,2-3,10H2,1H3,(H2,29,32)(H,30,31,33). The maximum Gasteiger partial charge on any atom is 0.573 e. The second kappa shape index (κ2) is 9.05. The minimum absolute atomic E-state index is 0.0172. The highest BCUT2D eigenvalue weighted by Crippen LogP contribution is 2.47. The van der Waals surface area contributed by atoms with Gasteiger partial charge in [-0.25, -0.2) is 4.39 Å². The number of carbonyl (C=O) groups is 2. The molecule has 7 nitrogen and oxygen atoms in total. The Morgan fingerprint density at radius 1 is 1.14 bits per heavy atom. The first-order chi connectivity index (χ1) is 16.4. The zero-order valence-electron chi connectivity index (χ0n) is 18.5. The Labute approximate surface area is 197 Å². The van der Waals surface area contributed by atoms with Gasteiger partial charge >= 0.3 is 6.36 Å². The molecule has 0 bridgehead atoms. The number of anilines is 1. The highest BCUT2D eigenvalue weighted by Gasteiger charge is 2.44. The summed E-state index contributed by atoms with van der Waals surface area (Å²) in [7, 11) is 0. The van der Waals surface area contributed by atoms with Gasteiger partial charge in [-0.3, -0.25) is 14.6 Å². The van der Waals surface area contributed by atoms with Gasteiger partial charge in [0.15, 0.2) is 0 Å². The first-order valence-electron chi connectivity index (χ1n) is 10.7. The van der Waals surface area contributed by atoms with Gasteiger partial charge in [0.1, 0.15) is 28.6 Å². The molecule has 1 aromatic heterocycles. The molecular formula is C24H21F4N3O4. The minimum atomic E-state index is -4.85. The number of rotatable bonds is 7. The van der Waals surface area contributed by atoms with Crippen molar-refractivity contribution in [2.24, 2.45) is 11.7 Å². The molecule has 0 saturated heterocycles. The van der Waals surface area contributed by atoms with Gasteiger partial charge < -0.3 is 20.5 Å². The lowest BCUT2D eigenvalue weighted by Crippen LogP contribution is -2.42. The molecule has 184 valence electrons. The number of benzene rings is 1. The van der Waals surface area contributed by atoms with E-state index in [4.69, 9.17) is 10.5 Å². The largest absolute Gasteiger partial charge is 0.573 e. The van der Waals surface area contributed by atoms with Crippen LogP contribution in [0.1, 0.15) is 36.7 Å². The van der Waals surface area contributed by atoms with Gasteiger partial charge in [0, 0.05) is 18.3 Å². The van der Waals surface area contributed by atoms with Crippen LogP contribution in [-0.2, 0) is 4.79 Å². The van der Waals surface area contributed by atoms with Gasteiger partial charge in [-0.15, -0.1) is 13.2 Å². The average molecular weight is 491 g/mol. The van der Waals surface area contributed by atoms with Crippen molar-refractivity contribution in [3.63, 3.8) is 0 Å². The van der Waals surface area contributed by atoms with Crippen molar-refractivity contribution in [3.05, 3.63) is 71.3 Å². The number of hydrogen-bond donors (Lipinski definition) is 2. The molecule has 1 atom stereocenters. The highest BCUT2D eigenvalue weighted by atomic mass is 19.4. The highest BCUT2D eigenvalue weighted by molar-refractivity contribution is 6.06. The Hall–Kier alpha value is -3.89. The molecule has 2 amide bonds. The van der Waals surface area contributed by atoms with E-state index in [2.05, 4.69) is 15.0 Å². The van der Waals surface area contributed by atoms with E-state index in [1.165, 1.54) is 37.4 Å². The summed E-state index contributed by atoms with van der Waals surface area (Å²) in [6, 6.07) is 7.27. The second-order valence-corrected chi connectivity index (χ2v) is 8.43. The minimum Gasteiger partial charge on any atom is -0.482 e. The monoisotopic (exact) mass is 491 g/mol. The first kappa shape index (κ1) is 24.2. The van der Waals surface area contributed by atoms with E-state index >= 15 is 4.39 Å². The molecule has 1 heterocycles. The van der Waals surface area contributed by atoms with Crippen molar-refractivity contribution in [1.29, 1.82) is 0 Å². The zero-order valence-corrected chi connectivity index (χ0v) is 18.5. The van der Waals surface area contributed by atoms with Gasteiger partial charge in [-0.1, -0.05) is 6.08 Å². The summed E-state index contributed by atoms with van der Waals surface area (Å²) >= 11 is 0. The number of carbonyl (C=O) groups excluding carboxylic acids is 2. The average Bonchev–Trinajstić information content (AvgIpc) is 3.59. The molecule has 2 aromatic rings. The Morgan fingerprint density at radius 3 is 2.40 bits per heavy atom. The van der Waals surface area contributed by atoms with Gasteiger partial charge in [0.05, 0.1) is 5.57 Å². The summed E-state index contributed by atoms with van der Waals surface area (Å²) in [6.07, 6.45) is -0.129. The summed E-state index contributed by atoms with van der Waals surface area (Å²) in [6.45, 7) is 1.52. The second-order valence-electron chi connectivity index (χ2n) is 8.43. The van der Waals surface area contributed by atoms with Crippen LogP contribution < -0.4 is 20.5 Å². The van der Waals surface area contributed by atoms with E-state index in [1.807, 2.05) is 0 Å². The Bertz CT molecular complexity index is 1220. The lowest BCUT2D eigenvalue weighted by molar-refractivity contribution is -0.274. The van der Waals surface area contributed by atoms with Crippen molar-refractivity contribution in [1.82, 2.24) is 4.98 Å². The quantitative estimate of drug-likeness (QED) is 0.541. The molecule has 1 fully saturated rings. The van der Waals surface area contributed by atoms with E-state index in [0.717, 1.165) is 25.0 Å². The van der Waals surface area contributed by atoms with Crippen LogP contribution in [0, 0.1) is 5.92 Å². The van der Waals surface area contributed by atoms with E-state index in [-0.39, 0.29) is 35.0 Å². The molecule has 4 rings (SSSR count). The van der Waals surface area contributed by atoms with Crippen LogP contribution in [0.4, 0.5) is 23.2 Å². The SMILES string of the molecule is CC1(Oc2ccc(OC(F)(F)F)cc2)CC=C(C2CC2)C(F)=C1C(=O)Nc1ccnc(C(N)=O)c1. The number of nitrogens with zero attached hydrogens (tertiary/aromatic N) is 1. The number of pyridine rings is 1. The fraction of sp³-hybridized carbons (Fsp3) is 0.292. The maximum atomic E-state index is 15.7. The molecule has 2 aliphatic rings. The summed E-state index contributed by atoms with van der Waals surface area (Å²) in [5.41, 5.74) is 4.01. The van der Waals surface area contributed by atoms with Crippen molar-refractivity contribution in [2.75, 3.05) is 5.32 Å². The topological polar surface area (TPSA) is 104 Å². The normalized spacial score (nSPS) is 20.2. The number of halogens is 4. The van der Waals surface area contributed by atoms with Crippen LogP contribution >= 0.6 is 0 Å². The number of nitrogens with two attached hydrogens (primary N) is 1. The molecule has 1 unspecified atom stereocenters. The molecule has 2 aliphatic carbocycles. The predicted octanol–water partition coefficient (Wildman–Crippen LogP) is 4.82. The van der Waals surface area contributed by atoms with Crippen LogP contribution in [-0.4, -0.2) is 28.8 Å². The van der Waals surface area contributed by atoms with E-state index in [1.54, 1.807) is 6.08 Å². The fourth-order valence-corrected chi connectivity index (χ4v) is 3.85. The fourth-order valence-electron chi connectivity index (χ4n) is 3.85. The Morgan fingerprint density at radius 2 is 1.80 bits per heavy atom. The molecule has 3 N–H and O–H groups in total. The number of nitrogens with one attached hydrogen (secondary N) is 1. The summed E-state index contributed by atoms with van der Waals surface area (Å²) in [5.74, 6) is -2.62. The number of ether oxygens (including phenoxy) is 2. The number of primary amides is 1. The van der Waals surface area contributed by atoms with Gasteiger partial charge in [0.25, 0.3) is 11.8 Å². The number of aromatic nitrogens is 1. The molecule has 11 heteroatoms. The van der Waals surface area contributed by atoms with Crippen molar-refractivity contribution >= 4 is 17.5 Å². The molecule has 1 saturated carbocycles. The lowest BCUT2D eigenvalue weighted by Gasteiger charge is -2.35. The summed E-state index contributed by atoms with van der Waals surface area (Å²) < 4.78 is 62.8. The molecule has 0 spiro atoms. The number of hydrogen-bond acceptors (Lipinski definition) is 5. The third-order valence-electron chi connectivity index (χ3n) is 5.63. The van der Waals surface area contributed by atoms with Crippen molar-refractivity contribution in [2.45, 2.75) is 38.1 Å². The van der Waals surface area contributed by atoms with E-state index in [0.29, 0.717) is 5.57 Å². The number of alkyl halides is 3. The Balaban J connectivity index is 1.62. The predicted molar refractivity (Wildman–Crippen MR) is 117 cm³/mol. The lowest BCUT2D eigenvalue weighted by atomic mass is 9.82. The first-order valence-corrected chi connectivity index (χ1v) is 10.7. The van der Waals surface area contributed by atoms with Crippen LogP contribution in [0.3, 0.4) is 0 Å². The molecular weight excluding hydrogens is 470 g/mol. The van der Waals surface area contributed by atoms with Crippen LogP contribution in [0.25, 0.3) is 0 Å². The molecule has 0 aliphatic heterocycles. The third kappa shape index (κ3) is 5.61. The smallest absolute Gasteiger partial charge is 0.482 e. The zero-order chi connectivity index (χ0) is 25.4. The van der Waals surface area contributed by atoms with E-state index < -0.39 is 35.4 Å². The molecule has 0 radical (unpaired) electrons. The molecule has 1 aromatic carbocycles. The Kier molecular flexibility index (Phi) is 6.27. The number of amides is 2. The van der Waals surface area contributed by atoms with Gasteiger partial charge in [-0.05, 0) is 67.7 Å². The molecule has 35 heavy (non-hydrogen) atoms.